The van der Waals surface area contributed by atoms with Crippen LogP contribution in [0.3, 0.4) is 0 Å². The van der Waals surface area contributed by atoms with E-state index < -0.39 is 0 Å². The summed E-state index contributed by atoms with van der Waals surface area (Å²) >= 11 is 0. The molecule has 0 atom stereocenters. The van der Waals surface area contributed by atoms with Gasteiger partial charge in [-0.3, -0.25) is 0 Å². The molecule has 4 heteroatoms. The van der Waals surface area contributed by atoms with E-state index in [9.17, 15) is 0 Å². The smallest absolute Gasteiger partial charge is 0.491 e. The molecule has 1 aliphatic heterocycles. The van der Waals surface area contributed by atoms with Crippen molar-refractivity contribution < 1.29 is 14.0 Å². The normalized spacial score (nSPS) is 23.4. The maximum Gasteiger partial charge on any atom is 0.498 e. The molecule has 0 bridgehead atoms. The van der Waals surface area contributed by atoms with E-state index in [2.05, 4.69) is 52.8 Å². The van der Waals surface area contributed by atoms with Crippen molar-refractivity contribution in [3.63, 3.8) is 0 Å². The zero-order valence-electron chi connectivity index (χ0n) is 13.7. The number of aryl methyl sites for hydroxylation is 1. The molecule has 1 heterocycles. The van der Waals surface area contributed by atoms with E-state index in [1.54, 1.807) is 0 Å². The Balaban J connectivity index is 1.95. The first-order valence-electron chi connectivity index (χ1n) is 7.98. The topological polar surface area (TPSA) is 27.7 Å². The molecule has 0 radical (unpaired) electrons. The van der Waals surface area contributed by atoms with Gasteiger partial charge in [0, 0.05) is 5.46 Å². The summed E-state index contributed by atoms with van der Waals surface area (Å²) in [4.78, 5) is 0. The Labute approximate surface area is 128 Å². The van der Waals surface area contributed by atoms with Crippen molar-refractivity contribution in [1.82, 2.24) is 0 Å². The third-order valence-electron chi connectivity index (χ3n) is 4.82. The van der Waals surface area contributed by atoms with Gasteiger partial charge in [-0.2, -0.15) is 0 Å². The summed E-state index contributed by atoms with van der Waals surface area (Å²) in [5, 5.41) is 0. The van der Waals surface area contributed by atoms with Crippen LogP contribution in [0.2, 0.25) is 0 Å². The third kappa shape index (κ3) is 2.71. The van der Waals surface area contributed by atoms with Gasteiger partial charge in [-0.15, -0.1) is 0 Å². The molecule has 0 N–H and O–H groups in total. The molecule has 1 aliphatic carbocycles. The maximum atomic E-state index is 6.19. The van der Waals surface area contributed by atoms with E-state index in [1.165, 1.54) is 5.56 Å². The first kappa shape index (κ1) is 14.9. The van der Waals surface area contributed by atoms with Crippen LogP contribution in [0.4, 0.5) is 0 Å². The van der Waals surface area contributed by atoms with Crippen LogP contribution < -0.4 is 10.2 Å². The van der Waals surface area contributed by atoms with Crippen LogP contribution in [0.5, 0.6) is 5.75 Å². The Morgan fingerprint density at radius 1 is 1.14 bits per heavy atom. The zero-order valence-corrected chi connectivity index (χ0v) is 13.7. The van der Waals surface area contributed by atoms with Crippen molar-refractivity contribution in [1.29, 1.82) is 0 Å². The van der Waals surface area contributed by atoms with E-state index in [-0.39, 0.29) is 18.3 Å². The minimum atomic E-state index is -0.352. The Kier molecular flexibility index (Phi) is 3.57. The van der Waals surface area contributed by atoms with Crippen molar-refractivity contribution in [2.75, 3.05) is 0 Å². The van der Waals surface area contributed by atoms with Crippen molar-refractivity contribution in [3.8, 4) is 5.75 Å². The quantitative estimate of drug-likeness (QED) is 0.797. The molecule has 114 valence electrons. The monoisotopic (exact) mass is 288 g/mol. The van der Waals surface area contributed by atoms with Crippen molar-refractivity contribution in [2.24, 2.45) is 0 Å². The predicted molar refractivity (Wildman–Crippen MR) is 85.2 cm³/mol. The molecule has 0 aromatic heterocycles. The summed E-state index contributed by atoms with van der Waals surface area (Å²) in [6.45, 7) is 10.5. The second-order valence-corrected chi connectivity index (χ2v) is 7.09. The van der Waals surface area contributed by atoms with E-state index in [0.717, 1.165) is 30.5 Å². The third-order valence-corrected chi connectivity index (χ3v) is 4.82. The predicted octanol–water partition coefficient (Wildman–Crippen LogP) is 3.09. The molecule has 0 unspecified atom stereocenters. The standard InChI is InChI=1S/C17H25BO3/c1-6-12-8-7-9-14(15(12)19-13-10-11-13)18-20-16(2,3)17(4,5)21-18/h7-9,13H,6,10-11H2,1-5H3. The lowest BCUT2D eigenvalue weighted by atomic mass is 9.77. The van der Waals surface area contributed by atoms with E-state index >= 15 is 0 Å². The Hall–Kier alpha value is -0.995. The molecule has 3 nitrogen and oxygen atoms in total. The number of para-hydroxylation sites is 1. The minimum absolute atomic E-state index is 0.323. The van der Waals surface area contributed by atoms with Crippen LogP contribution in [0.1, 0.15) is 53.0 Å². The highest BCUT2D eigenvalue weighted by atomic mass is 16.7. The molecule has 3 rings (SSSR count). The van der Waals surface area contributed by atoms with E-state index in [4.69, 9.17) is 14.0 Å². The Morgan fingerprint density at radius 3 is 2.29 bits per heavy atom. The first-order valence-corrected chi connectivity index (χ1v) is 7.98. The maximum absolute atomic E-state index is 6.19. The van der Waals surface area contributed by atoms with Gasteiger partial charge in [0.15, 0.2) is 0 Å². The molecular formula is C17H25BO3. The van der Waals surface area contributed by atoms with Gasteiger partial charge in [-0.05, 0) is 52.5 Å². The van der Waals surface area contributed by atoms with Crippen LogP contribution in [0, 0.1) is 0 Å². The van der Waals surface area contributed by atoms with E-state index in [0.29, 0.717) is 6.10 Å². The summed E-state index contributed by atoms with van der Waals surface area (Å²) < 4.78 is 18.5. The van der Waals surface area contributed by atoms with Gasteiger partial charge in [0.1, 0.15) is 5.75 Å². The van der Waals surface area contributed by atoms with Crippen LogP contribution >= 0.6 is 0 Å². The lowest BCUT2D eigenvalue weighted by Gasteiger charge is -2.32. The number of ether oxygens (including phenoxy) is 1. The SMILES string of the molecule is CCc1cccc(B2OC(C)(C)C(C)(C)O2)c1OC1CC1. The molecule has 0 amide bonds. The van der Waals surface area contributed by atoms with Crippen LogP contribution in [-0.4, -0.2) is 24.4 Å². The van der Waals surface area contributed by atoms with Gasteiger partial charge < -0.3 is 14.0 Å². The summed E-state index contributed by atoms with van der Waals surface area (Å²) in [6.07, 6.45) is 3.63. The molecule has 2 fully saturated rings. The van der Waals surface area contributed by atoms with Crippen molar-refractivity contribution in [2.45, 2.75) is 71.2 Å². The van der Waals surface area contributed by atoms with E-state index in [1.807, 2.05) is 0 Å². The van der Waals surface area contributed by atoms with Crippen LogP contribution in [0.25, 0.3) is 0 Å². The number of hydrogen-bond donors (Lipinski definition) is 0. The molecule has 2 aliphatic rings. The Bertz CT molecular complexity index is 519. The largest absolute Gasteiger partial charge is 0.498 e. The molecule has 1 saturated carbocycles. The fourth-order valence-electron chi connectivity index (χ4n) is 2.54. The molecule has 1 saturated heterocycles. The average Bonchev–Trinajstić information content (AvgIpc) is 3.17. The summed E-state index contributed by atoms with van der Waals surface area (Å²) in [5.41, 5.74) is 1.61. The van der Waals surface area contributed by atoms with Gasteiger partial charge in [-0.25, -0.2) is 0 Å². The summed E-state index contributed by atoms with van der Waals surface area (Å²) in [6, 6.07) is 6.27. The Morgan fingerprint density at radius 2 is 1.76 bits per heavy atom. The van der Waals surface area contributed by atoms with Crippen molar-refractivity contribution in [3.05, 3.63) is 23.8 Å². The van der Waals surface area contributed by atoms with Crippen LogP contribution in [0.15, 0.2) is 18.2 Å². The highest BCUT2D eigenvalue weighted by Crippen LogP contribution is 2.38. The molecule has 21 heavy (non-hydrogen) atoms. The second kappa shape index (κ2) is 5.03. The average molecular weight is 288 g/mol. The van der Waals surface area contributed by atoms with Gasteiger partial charge in [0.25, 0.3) is 0 Å². The molecule has 1 aromatic rings. The summed E-state index contributed by atoms with van der Waals surface area (Å²) in [7, 11) is -0.352. The zero-order chi connectivity index (χ0) is 15.3. The number of rotatable bonds is 4. The van der Waals surface area contributed by atoms with Gasteiger partial charge in [-0.1, -0.05) is 25.1 Å². The summed E-state index contributed by atoms with van der Waals surface area (Å²) in [5.74, 6) is 0.973. The van der Waals surface area contributed by atoms with Crippen LogP contribution in [-0.2, 0) is 15.7 Å². The lowest BCUT2D eigenvalue weighted by molar-refractivity contribution is 0.00578. The highest BCUT2D eigenvalue weighted by Gasteiger charge is 2.52. The molecule has 1 aromatic carbocycles. The number of benzene rings is 1. The van der Waals surface area contributed by atoms with Gasteiger partial charge in [0.05, 0.1) is 17.3 Å². The lowest BCUT2D eigenvalue weighted by Crippen LogP contribution is -2.41. The van der Waals surface area contributed by atoms with Crippen molar-refractivity contribution >= 4 is 12.6 Å². The second-order valence-electron chi connectivity index (χ2n) is 7.09. The minimum Gasteiger partial charge on any atom is -0.491 e. The highest BCUT2D eigenvalue weighted by molar-refractivity contribution is 6.63. The fraction of sp³-hybridized carbons (Fsp3) is 0.647. The van der Waals surface area contributed by atoms with Gasteiger partial charge in [0.2, 0.25) is 0 Å². The molecular weight excluding hydrogens is 263 g/mol. The first-order chi connectivity index (χ1) is 9.84. The number of hydrogen-bond acceptors (Lipinski definition) is 3. The fourth-order valence-corrected chi connectivity index (χ4v) is 2.54. The molecule has 0 spiro atoms. The van der Waals surface area contributed by atoms with Gasteiger partial charge >= 0.3 is 7.12 Å².